The average molecular weight is 227 g/mol. The maximum Gasteiger partial charge on any atom is 0.0186 e. The summed E-state index contributed by atoms with van der Waals surface area (Å²) >= 11 is 2.25. The topological polar surface area (TPSA) is 12.0 Å². The molecule has 0 aromatic rings. The lowest BCUT2D eigenvalue weighted by atomic mass is 9.80. The van der Waals surface area contributed by atoms with Crippen LogP contribution in [0.2, 0.25) is 0 Å². The zero-order chi connectivity index (χ0) is 10.5. The monoisotopic (exact) mass is 227 g/mol. The highest BCUT2D eigenvalue weighted by molar-refractivity contribution is 7.99. The zero-order valence-corrected chi connectivity index (χ0v) is 10.8. The van der Waals surface area contributed by atoms with E-state index in [9.17, 15) is 0 Å². The minimum Gasteiger partial charge on any atom is -0.313 e. The summed E-state index contributed by atoms with van der Waals surface area (Å²) in [4.78, 5) is 0. The van der Waals surface area contributed by atoms with Crippen molar-refractivity contribution in [3.63, 3.8) is 0 Å². The summed E-state index contributed by atoms with van der Waals surface area (Å²) in [6, 6.07) is 0.814. The second-order valence-corrected chi connectivity index (χ2v) is 6.43. The minimum absolute atomic E-state index is 0.814. The van der Waals surface area contributed by atoms with Gasteiger partial charge in [0.2, 0.25) is 0 Å². The fourth-order valence-corrected chi connectivity index (χ4v) is 4.30. The average Bonchev–Trinajstić information content (AvgIpc) is 2.64. The van der Waals surface area contributed by atoms with Crippen LogP contribution in [0.1, 0.15) is 51.9 Å². The third-order valence-electron chi connectivity index (χ3n) is 4.00. The van der Waals surface area contributed by atoms with Gasteiger partial charge in [0.25, 0.3) is 0 Å². The third-order valence-corrected chi connectivity index (χ3v) is 5.49. The van der Waals surface area contributed by atoms with Gasteiger partial charge in [-0.1, -0.05) is 26.2 Å². The first kappa shape index (κ1) is 11.8. The minimum atomic E-state index is 0.814. The van der Waals surface area contributed by atoms with Crippen LogP contribution < -0.4 is 5.32 Å². The van der Waals surface area contributed by atoms with Crippen molar-refractivity contribution in [2.45, 2.75) is 63.2 Å². The summed E-state index contributed by atoms with van der Waals surface area (Å²) in [6.07, 6.45) is 10.3. The molecule has 2 aliphatic carbocycles. The van der Waals surface area contributed by atoms with Crippen LogP contribution in [0.3, 0.4) is 0 Å². The highest BCUT2D eigenvalue weighted by atomic mass is 32.2. The largest absolute Gasteiger partial charge is 0.313 e. The quantitative estimate of drug-likeness (QED) is 0.746. The second-order valence-electron chi connectivity index (χ2n) is 5.09. The van der Waals surface area contributed by atoms with E-state index in [-0.39, 0.29) is 0 Å². The molecular formula is C13H25NS. The molecule has 2 rings (SSSR count). The molecule has 1 nitrogen and oxygen atoms in total. The van der Waals surface area contributed by atoms with Crippen molar-refractivity contribution in [1.82, 2.24) is 5.32 Å². The van der Waals surface area contributed by atoms with Crippen LogP contribution in [-0.2, 0) is 0 Å². The molecule has 2 saturated carbocycles. The van der Waals surface area contributed by atoms with Crippen LogP contribution >= 0.6 is 11.8 Å². The lowest BCUT2D eigenvalue weighted by Crippen LogP contribution is -2.41. The summed E-state index contributed by atoms with van der Waals surface area (Å²) in [7, 11) is 0. The van der Waals surface area contributed by atoms with Crippen LogP contribution in [0.25, 0.3) is 0 Å². The molecule has 2 aliphatic rings. The van der Waals surface area contributed by atoms with Gasteiger partial charge in [-0.15, -0.1) is 0 Å². The number of rotatable bonds is 6. The van der Waals surface area contributed by atoms with E-state index in [4.69, 9.17) is 0 Å². The van der Waals surface area contributed by atoms with Crippen LogP contribution in [-0.4, -0.2) is 23.6 Å². The van der Waals surface area contributed by atoms with Crippen molar-refractivity contribution >= 4 is 11.8 Å². The van der Waals surface area contributed by atoms with E-state index in [1.807, 2.05) is 0 Å². The SMILES string of the molecule is CCNC(CSC1CCCC1)C1CCC1. The van der Waals surface area contributed by atoms with Gasteiger partial charge in [0.1, 0.15) is 0 Å². The van der Waals surface area contributed by atoms with Gasteiger partial charge in [-0.3, -0.25) is 0 Å². The highest BCUT2D eigenvalue weighted by Gasteiger charge is 2.27. The fraction of sp³-hybridized carbons (Fsp3) is 1.00. The second kappa shape index (κ2) is 6.15. The van der Waals surface area contributed by atoms with Crippen LogP contribution in [0.15, 0.2) is 0 Å². The van der Waals surface area contributed by atoms with Crippen LogP contribution in [0.5, 0.6) is 0 Å². The van der Waals surface area contributed by atoms with Gasteiger partial charge in [-0.25, -0.2) is 0 Å². The molecule has 0 spiro atoms. The first-order valence-corrected chi connectivity index (χ1v) is 7.80. The van der Waals surface area contributed by atoms with E-state index < -0.39 is 0 Å². The first-order chi connectivity index (χ1) is 7.40. The summed E-state index contributed by atoms with van der Waals surface area (Å²) in [5.74, 6) is 2.36. The molecule has 0 saturated heterocycles. The van der Waals surface area contributed by atoms with Gasteiger partial charge < -0.3 is 5.32 Å². The van der Waals surface area contributed by atoms with E-state index in [0.29, 0.717) is 0 Å². The Morgan fingerprint density at radius 1 is 1.13 bits per heavy atom. The Kier molecular flexibility index (Phi) is 4.83. The molecule has 0 aromatic heterocycles. The highest BCUT2D eigenvalue weighted by Crippen LogP contribution is 2.34. The normalized spacial score (nSPS) is 25.4. The Bertz CT molecular complexity index is 173. The number of hydrogen-bond donors (Lipinski definition) is 1. The number of nitrogens with one attached hydrogen (secondary N) is 1. The number of hydrogen-bond acceptors (Lipinski definition) is 2. The van der Waals surface area contributed by atoms with Crippen molar-refractivity contribution < 1.29 is 0 Å². The van der Waals surface area contributed by atoms with E-state index >= 15 is 0 Å². The van der Waals surface area contributed by atoms with Crippen molar-refractivity contribution in [1.29, 1.82) is 0 Å². The molecule has 0 amide bonds. The predicted octanol–water partition coefficient (Wildman–Crippen LogP) is 3.44. The predicted molar refractivity (Wildman–Crippen MR) is 69.5 cm³/mol. The summed E-state index contributed by atoms with van der Waals surface area (Å²) in [6.45, 7) is 3.39. The smallest absolute Gasteiger partial charge is 0.0186 e. The van der Waals surface area contributed by atoms with Gasteiger partial charge in [-0.2, -0.15) is 11.8 Å². The molecule has 0 aliphatic heterocycles. The maximum atomic E-state index is 3.69. The Morgan fingerprint density at radius 2 is 1.87 bits per heavy atom. The molecule has 0 heterocycles. The first-order valence-electron chi connectivity index (χ1n) is 6.75. The van der Waals surface area contributed by atoms with Crippen LogP contribution in [0.4, 0.5) is 0 Å². The van der Waals surface area contributed by atoms with Crippen molar-refractivity contribution in [2.24, 2.45) is 5.92 Å². The van der Waals surface area contributed by atoms with E-state index in [0.717, 1.165) is 23.8 Å². The Morgan fingerprint density at radius 3 is 2.40 bits per heavy atom. The zero-order valence-electron chi connectivity index (χ0n) is 10.0. The third kappa shape index (κ3) is 3.39. The summed E-state index contributed by atoms with van der Waals surface area (Å²) in [5.41, 5.74) is 0. The molecule has 0 aromatic carbocycles. The standard InChI is InChI=1S/C13H25NS/c1-2-14-13(11-6-5-7-11)10-15-12-8-3-4-9-12/h11-14H,2-10H2,1H3. The lowest BCUT2D eigenvalue weighted by molar-refractivity contribution is 0.246. The van der Waals surface area contributed by atoms with Gasteiger partial charge in [0.15, 0.2) is 0 Å². The summed E-state index contributed by atoms with van der Waals surface area (Å²) in [5, 5.41) is 4.68. The fourth-order valence-electron chi connectivity index (χ4n) is 2.76. The van der Waals surface area contributed by atoms with Crippen molar-refractivity contribution in [2.75, 3.05) is 12.3 Å². The molecular weight excluding hydrogens is 202 g/mol. The number of thioether (sulfide) groups is 1. The molecule has 0 bridgehead atoms. The Hall–Kier alpha value is 0.310. The Balaban J connectivity index is 1.68. The molecule has 0 radical (unpaired) electrons. The van der Waals surface area contributed by atoms with Gasteiger partial charge in [-0.05, 0) is 38.1 Å². The van der Waals surface area contributed by atoms with E-state index in [2.05, 4.69) is 24.0 Å². The lowest BCUT2D eigenvalue weighted by Gasteiger charge is -2.34. The molecule has 88 valence electrons. The Labute approximate surface area is 98.8 Å². The molecule has 2 fully saturated rings. The molecule has 1 N–H and O–H groups in total. The molecule has 2 heteroatoms. The van der Waals surface area contributed by atoms with E-state index in [1.165, 1.54) is 50.7 Å². The van der Waals surface area contributed by atoms with E-state index in [1.54, 1.807) is 0 Å². The molecule has 1 atom stereocenters. The van der Waals surface area contributed by atoms with Crippen molar-refractivity contribution in [3.05, 3.63) is 0 Å². The maximum absolute atomic E-state index is 3.69. The molecule has 1 unspecified atom stereocenters. The summed E-state index contributed by atoms with van der Waals surface area (Å²) < 4.78 is 0. The van der Waals surface area contributed by atoms with Crippen molar-refractivity contribution in [3.8, 4) is 0 Å². The molecule has 15 heavy (non-hydrogen) atoms. The van der Waals surface area contributed by atoms with Gasteiger partial charge in [0.05, 0.1) is 0 Å². The van der Waals surface area contributed by atoms with Crippen LogP contribution in [0, 0.1) is 5.92 Å². The van der Waals surface area contributed by atoms with Gasteiger partial charge in [0, 0.05) is 17.0 Å². The van der Waals surface area contributed by atoms with Gasteiger partial charge >= 0.3 is 0 Å².